The molecular weight excluding hydrogens is 338 g/mol. The fourth-order valence-electron chi connectivity index (χ4n) is 4.62. The molecule has 25 heavy (non-hydrogen) atoms. The van der Waals surface area contributed by atoms with Crippen molar-refractivity contribution >= 4 is 24.2 Å². The molecule has 3 saturated heterocycles. The van der Waals surface area contributed by atoms with Crippen LogP contribution in [0, 0.1) is 5.92 Å². The number of rotatable bonds is 3. The molecule has 0 aromatic heterocycles. The summed E-state index contributed by atoms with van der Waals surface area (Å²) < 4.78 is 6.07. The van der Waals surface area contributed by atoms with Gasteiger partial charge in [0.25, 0.3) is 0 Å². The second-order valence-electron chi connectivity index (χ2n) is 7.57. The maximum absolute atomic E-state index is 13.2. The van der Waals surface area contributed by atoms with E-state index in [0.29, 0.717) is 31.6 Å². The molecule has 1 unspecified atom stereocenters. The van der Waals surface area contributed by atoms with Crippen molar-refractivity contribution < 1.29 is 14.3 Å². The van der Waals surface area contributed by atoms with Crippen LogP contribution in [0.4, 0.5) is 0 Å². The molecule has 3 heterocycles. The van der Waals surface area contributed by atoms with E-state index in [0.717, 1.165) is 38.0 Å². The molecule has 0 radical (unpaired) electrons. The molecule has 0 N–H and O–H groups in total. The number of ketones is 1. The van der Waals surface area contributed by atoms with Gasteiger partial charge in [0, 0.05) is 19.4 Å². The molecule has 1 aliphatic carbocycles. The lowest BCUT2D eigenvalue weighted by Crippen LogP contribution is -2.53. The van der Waals surface area contributed by atoms with E-state index in [4.69, 9.17) is 4.74 Å². The van der Waals surface area contributed by atoms with Crippen LogP contribution < -0.4 is 0 Å². The number of nitrogens with zero attached hydrogens (tertiary/aromatic N) is 1. The lowest BCUT2D eigenvalue weighted by Gasteiger charge is -2.45. The second kappa shape index (κ2) is 7.46. The summed E-state index contributed by atoms with van der Waals surface area (Å²) in [5.41, 5.74) is 0.366. The highest BCUT2D eigenvalue weighted by Crippen LogP contribution is 2.41. The normalized spacial score (nSPS) is 30.4. The van der Waals surface area contributed by atoms with Crippen LogP contribution in [0.1, 0.15) is 44.1 Å². The molecule has 0 amide bonds. The van der Waals surface area contributed by atoms with Gasteiger partial charge in [-0.3, -0.25) is 14.5 Å². The molecule has 1 atom stereocenters. The molecule has 3 aliphatic heterocycles. The van der Waals surface area contributed by atoms with Crippen LogP contribution in [0.3, 0.4) is 0 Å². The third-order valence-corrected chi connectivity index (χ3v) is 6.23. The van der Waals surface area contributed by atoms with Crippen molar-refractivity contribution in [3.8, 4) is 0 Å². The predicted molar refractivity (Wildman–Crippen MR) is 97.9 cm³/mol. The Kier molecular flexibility index (Phi) is 5.49. The summed E-state index contributed by atoms with van der Waals surface area (Å²) in [5.74, 6) is 0.661. The highest BCUT2D eigenvalue weighted by atomic mass is 35.5. The number of piperidine rings is 3. The van der Waals surface area contributed by atoms with Crippen LogP contribution in [0.5, 0.6) is 0 Å². The lowest BCUT2D eigenvalue weighted by atomic mass is 9.69. The Morgan fingerprint density at radius 1 is 1.08 bits per heavy atom. The standard InChI is InChI=1S/C20H25NO3.ClH/c22-17-6-10-20(11-7-17,16-4-2-1-3-5-16)19(23)24-18-14-21-12-8-15(18)9-13-21;/h1-5,15,18H,6-14H2;1H. The molecular formula is C20H26ClNO3. The zero-order chi connectivity index (χ0) is 16.6. The Bertz CT molecular complexity index is 615. The molecule has 0 spiro atoms. The number of fused-ring (bicyclic) bond motifs is 3. The van der Waals surface area contributed by atoms with Gasteiger partial charge in [-0.1, -0.05) is 30.3 Å². The van der Waals surface area contributed by atoms with Crippen molar-refractivity contribution in [2.45, 2.75) is 50.0 Å². The number of hydrogen-bond acceptors (Lipinski definition) is 4. The smallest absolute Gasteiger partial charge is 0.316 e. The Balaban J connectivity index is 0.00000182. The zero-order valence-corrected chi connectivity index (χ0v) is 15.3. The largest absolute Gasteiger partial charge is 0.460 e. The van der Waals surface area contributed by atoms with Gasteiger partial charge in [-0.15, -0.1) is 12.4 Å². The molecule has 4 fully saturated rings. The summed E-state index contributed by atoms with van der Waals surface area (Å²) in [4.78, 5) is 27.4. The van der Waals surface area contributed by atoms with Crippen molar-refractivity contribution in [3.63, 3.8) is 0 Å². The van der Waals surface area contributed by atoms with E-state index < -0.39 is 5.41 Å². The number of Topliss-reactive ketones (excluding diaryl/α,β-unsaturated/α-hetero) is 1. The van der Waals surface area contributed by atoms with Gasteiger partial charge in [-0.25, -0.2) is 0 Å². The Morgan fingerprint density at radius 2 is 1.72 bits per heavy atom. The minimum Gasteiger partial charge on any atom is -0.460 e. The van der Waals surface area contributed by atoms with Crippen LogP contribution in [-0.2, 0) is 19.7 Å². The van der Waals surface area contributed by atoms with Gasteiger partial charge in [0.05, 0.1) is 5.41 Å². The third-order valence-electron chi connectivity index (χ3n) is 6.23. The van der Waals surface area contributed by atoms with E-state index in [1.807, 2.05) is 30.3 Å². The topological polar surface area (TPSA) is 46.6 Å². The fourth-order valence-corrected chi connectivity index (χ4v) is 4.62. The maximum atomic E-state index is 13.2. The van der Waals surface area contributed by atoms with Crippen LogP contribution in [0.25, 0.3) is 0 Å². The first-order valence-electron chi connectivity index (χ1n) is 9.18. The quantitative estimate of drug-likeness (QED) is 0.774. The first-order valence-corrected chi connectivity index (χ1v) is 9.18. The number of carbonyl (C=O) groups is 2. The van der Waals surface area contributed by atoms with Crippen molar-refractivity contribution in [1.29, 1.82) is 0 Å². The van der Waals surface area contributed by atoms with E-state index in [1.54, 1.807) is 0 Å². The van der Waals surface area contributed by atoms with E-state index in [2.05, 4.69) is 4.90 Å². The number of hydrogen-bond donors (Lipinski definition) is 0. The van der Waals surface area contributed by atoms with Gasteiger partial charge in [0.2, 0.25) is 0 Å². The van der Waals surface area contributed by atoms with Crippen molar-refractivity contribution in [3.05, 3.63) is 35.9 Å². The monoisotopic (exact) mass is 363 g/mol. The number of ether oxygens (including phenoxy) is 1. The summed E-state index contributed by atoms with van der Waals surface area (Å²) in [5, 5.41) is 0. The van der Waals surface area contributed by atoms with Crippen LogP contribution >= 0.6 is 12.4 Å². The Morgan fingerprint density at radius 3 is 2.28 bits per heavy atom. The molecule has 2 bridgehead atoms. The van der Waals surface area contributed by atoms with E-state index in [-0.39, 0.29) is 30.3 Å². The highest BCUT2D eigenvalue weighted by molar-refractivity contribution is 5.88. The number of benzene rings is 1. The van der Waals surface area contributed by atoms with Crippen LogP contribution in [0.15, 0.2) is 30.3 Å². The summed E-state index contributed by atoms with van der Waals surface area (Å²) in [6.07, 6.45) is 4.40. The van der Waals surface area contributed by atoms with Gasteiger partial charge >= 0.3 is 5.97 Å². The van der Waals surface area contributed by atoms with E-state index >= 15 is 0 Å². The minimum atomic E-state index is -0.638. The molecule has 4 nitrogen and oxygen atoms in total. The molecule has 5 rings (SSSR count). The zero-order valence-electron chi connectivity index (χ0n) is 14.5. The van der Waals surface area contributed by atoms with E-state index in [9.17, 15) is 9.59 Å². The average Bonchev–Trinajstić information content (AvgIpc) is 2.64. The van der Waals surface area contributed by atoms with Crippen LogP contribution in [-0.4, -0.2) is 42.4 Å². The maximum Gasteiger partial charge on any atom is 0.316 e. The van der Waals surface area contributed by atoms with Crippen molar-refractivity contribution in [2.24, 2.45) is 5.92 Å². The summed E-state index contributed by atoms with van der Waals surface area (Å²) in [6, 6.07) is 9.91. The first-order chi connectivity index (χ1) is 11.7. The number of esters is 1. The SMILES string of the molecule is Cl.O=C1CCC(C(=O)OC2CN3CCC2CC3)(c2ccccc2)CC1. The minimum absolute atomic E-state index is 0. The van der Waals surface area contributed by atoms with Crippen molar-refractivity contribution in [2.75, 3.05) is 19.6 Å². The second-order valence-corrected chi connectivity index (χ2v) is 7.57. The summed E-state index contributed by atoms with van der Waals surface area (Å²) in [7, 11) is 0. The molecule has 5 heteroatoms. The van der Waals surface area contributed by atoms with Crippen LogP contribution in [0.2, 0.25) is 0 Å². The predicted octanol–water partition coefficient (Wildman–Crippen LogP) is 3.13. The molecule has 1 aromatic rings. The first kappa shape index (κ1) is 18.4. The highest BCUT2D eigenvalue weighted by Gasteiger charge is 2.46. The van der Waals surface area contributed by atoms with Gasteiger partial charge in [-0.05, 0) is 50.3 Å². The van der Waals surface area contributed by atoms with Gasteiger partial charge in [0.15, 0.2) is 0 Å². The molecule has 1 saturated carbocycles. The average molecular weight is 364 g/mol. The van der Waals surface area contributed by atoms with Gasteiger partial charge < -0.3 is 4.74 Å². The molecule has 1 aromatic carbocycles. The summed E-state index contributed by atoms with van der Waals surface area (Å²) in [6.45, 7) is 3.15. The van der Waals surface area contributed by atoms with E-state index in [1.165, 1.54) is 0 Å². The third kappa shape index (κ3) is 3.47. The lowest BCUT2D eigenvalue weighted by molar-refractivity contribution is -0.167. The number of halogens is 1. The van der Waals surface area contributed by atoms with Crippen molar-refractivity contribution in [1.82, 2.24) is 4.90 Å². The fraction of sp³-hybridized carbons (Fsp3) is 0.600. The number of carbonyl (C=O) groups excluding carboxylic acids is 2. The Hall–Kier alpha value is -1.39. The summed E-state index contributed by atoms with van der Waals surface area (Å²) >= 11 is 0. The molecule has 136 valence electrons. The van der Waals surface area contributed by atoms with Gasteiger partial charge in [-0.2, -0.15) is 0 Å². The molecule has 4 aliphatic rings. The van der Waals surface area contributed by atoms with Gasteiger partial charge in [0.1, 0.15) is 11.9 Å². The Labute approximate surface area is 155 Å².